The van der Waals surface area contributed by atoms with E-state index in [-0.39, 0.29) is 23.6 Å². The quantitative estimate of drug-likeness (QED) is 0.778. The van der Waals surface area contributed by atoms with E-state index >= 15 is 0 Å². The molecule has 1 aromatic rings. The van der Waals surface area contributed by atoms with Crippen LogP contribution in [-0.4, -0.2) is 32.5 Å². The standard InChI is InChI=1S/C22H29N3O3/c1-6-28-21(27)19-17(13-7-9-14(10-8-13)25(4)5)18-15(24-20(19)23)11-22(2,3)12-16(18)26/h7-10,17,24H,6,11-12,23H2,1-5H3. The molecule has 28 heavy (non-hydrogen) atoms. The Bertz CT molecular complexity index is 864. The van der Waals surface area contributed by atoms with Crippen LogP contribution >= 0.6 is 0 Å². The van der Waals surface area contributed by atoms with E-state index in [1.54, 1.807) is 6.92 Å². The van der Waals surface area contributed by atoms with Crippen LogP contribution in [0.1, 0.15) is 45.1 Å². The molecule has 0 spiro atoms. The molecule has 150 valence electrons. The number of allylic oxidation sites excluding steroid dienone is 2. The Morgan fingerprint density at radius 2 is 1.89 bits per heavy atom. The summed E-state index contributed by atoms with van der Waals surface area (Å²) in [7, 11) is 3.93. The molecule has 1 aliphatic carbocycles. The fraction of sp³-hybridized carbons (Fsp3) is 0.455. The Labute approximate surface area is 166 Å². The maximum atomic E-state index is 13.1. The monoisotopic (exact) mass is 383 g/mol. The number of ether oxygens (including phenoxy) is 1. The zero-order valence-electron chi connectivity index (χ0n) is 17.3. The van der Waals surface area contributed by atoms with E-state index in [2.05, 4.69) is 19.2 Å². The maximum Gasteiger partial charge on any atom is 0.338 e. The molecule has 0 saturated heterocycles. The predicted octanol–water partition coefficient (Wildman–Crippen LogP) is 2.82. The lowest BCUT2D eigenvalue weighted by Gasteiger charge is -2.39. The number of nitrogens with two attached hydrogens (primary N) is 1. The van der Waals surface area contributed by atoms with Crippen LogP contribution in [0.5, 0.6) is 0 Å². The Morgan fingerprint density at radius 1 is 1.25 bits per heavy atom. The predicted molar refractivity (Wildman–Crippen MR) is 110 cm³/mol. The van der Waals surface area contributed by atoms with Crippen LogP contribution in [0.15, 0.2) is 46.9 Å². The molecule has 1 heterocycles. The average molecular weight is 383 g/mol. The molecule has 1 aliphatic heterocycles. The van der Waals surface area contributed by atoms with Crippen LogP contribution in [0.3, 0.4) is 0 Å². The number of Topliss-reactive ketones (excluding diaryl/α,β-unsaturated/α-hetero) is 1. The van der Waals surface area contributed by atoms with Crippen LogP contribution in [0.25, 0.3) is 0 Å². The molecule has 3 rings (SSSR count). The van der Waals surface area contributed by atoms with Crippen molar-refractivity contribution in [1.82, 2.24) is 5.32 Å². The van der Waals surface area contributed by atoms with Crippen LogP contribution < -0.4 is 16.0 Å². The van der Waals surface area contributed by atoms with E-state index < -0.39 is 11.9 Å². The lowest BCUT2D eigenvalue weighted by atomic mass is 9.69. The van der Waals surface area contributed by atoms with Crippen molar-refractivity contribution in [3.63, 3.8) is 0 Å². The first-order valence-electron chi connectivity index (χ1n) is 9.62. The summed E-state index contributed by atoms with van der Waals surface area (Å²) >= 11 is 0. The largest absolute Gasteiger partial charge is 0.463 e. The molecular weight excluding hydrogens is 354 g/mol. The summed E-state index contributed by atoms with van der Waals surface area (Å²) in [4.78, 5) is 27.8. The van der Waals surface area contributed by atoms with Crippen molar-refractivity contribution in [2.24, 2.45) is 11.1 Å². The van der Waals surface area contributed by atoms with Crippen molar-refractivity contribution in [3.8, 4) is 0 Å². The highest BCUT2D eigenvalue weighted by Crippen LogP contribution is 2.46. The number of rotatable bonds is 4. The van der Waals surface area contributed by atoms with Gasteiger partial charge in [-0.3, -0.25) is 4.79 Å². The second kappa shape index (κ2) is 7.34. The first-order chi connectivity index (χ1) is 13.1. The average Bonchev–Trinajstić information content (AvgIpc) is 2.59. The molecule has 0 radical (unpaired) electrons. The number of nitrogens with one attached hydrogen (secondary N) is 1. The smallest absolute Gasteiger partial charge is 0.338 e. The number of esters is 1. The van der Waals surface area contributed by atoms with Crippen molar-refractivity contribution >= 4 is 17.4 Å². The summed E-state index contributed by atoms with van der Waals surface area (Å²) in [6.07, 6.45) is 1.15. The minimum atomic E-state index is -0.518. The Hall–Kier alpha value is -2.76. The highest BCUT2D eigenvalue weighted by Gasteiger charge is 2.43. The topological polar surface area (TPSA) is 84.7 Å². The fourth-order valence-electron chi connectivity index (χ4n) is 4.05. The number of carbonyl (C=O) groups excluding carboxylic acids is 2. The van der Waals surface area contributed by atoms with Crippen LogP contribution in [0.4, 0.5) is 5.69 Å². The number of ketones is 1. The second-order valence-electron chi connectivity index (χ2n) is 8.42. The molecule has 6 nitrogen and oxygen atoms in total. The van der Waals surface area contributed by atoms with Gasteiger partial charge in [0.05, 0.1) is 18.1 Å². The highest BCUT2D eigenvalue weighted by molar-refractivity contribution is 6.04. The second-order valence-corrected chi connectivity index (χ2v) is 8.42. The molecule has 0 aromatic heterocycles. The van der Waals surface area contributed by atoms with E-state index in [0.29, 0.717) is 24.0 Å². The van der Waals surface area contributed by atoms with E-state index in [0.717, 1.165) is 16.9 Å². The van der Waals surface area contributed by atoms with Crippen molar-refractivity contribution in [2.75, 3.05) is 25.6 Å². The first-order valence-corrected chi connectivity index (χ1v) is 9.62. The number of benzene rings is 1. The van der Waals surface area contributed by atoms with Crippen LogP contribution in [0.2, 0.25) is 0 Å². The van der Waals surface area contributed by atoms with Gasteiger partial charge in [0.25, 0.3) is 0 Å². The molecular formula is C22H29N3O3. The van der Waals surface area contributed by atoms with Crippen molar-refractivity contribution in [2.45, 2.75) is 39.5 Å². The summed E-state index contributed by atoms with van der Waals surface area (Å²) < 4.78 is 5.26. The van der Waals surface area contributed by atoms with E-state index in [1.807, 2.05) is 43.3 Å². The number of anilines is 1. The van der Waals surface area contributed by atoms with E-state index in [4.69, 9.17) is 10.5 Å². The molecule has 0 saturated carbocycles. The lowest BCUT2D eigenvalue weighted by molar-refractivity contribution is -0.138. The van der Waals surface area contributed by atoms with Crippen molar-refractivity contribution < 1.29 is 14.3 Å². The zero-order chi connectivity index (χ0) is 20.6. The summed E-state index contributed by atoms with van der Waals surface area (Å²) in [5, 5.41) is 3.13. The van der Waals surface area contributed by atoms with Gasteiger partial charge in [0.15, 0.2) is 5.78 Å². The Morgan fingerprint density at radius 3 is 2.46 bits per heavy atom. The van der Waals surface area contributed by atoms with E-state index in [9.17, 15) is 9.59 Å². The van der Waals surface area contributed by atoms with Gasteiger partial charge in [-0.05, 0) is 36.5 Å². The van der Waals surface area contributed by atoms with Gasteiger partial charge < -0.3 is 20.7 Å². The van der Waals surface area contributed by atoms with Gasteiger partial charge in [0, 0.05) is 37.5 Å². The summed E-state index contributed by atoms with van der Waals surface area (Å²) in [5.41, 5.74) is 9.78. The van der Waals surface area contributed by atoms with Crippen molar-refractivity contribution in [3.05, 3.63) is 52.5 Å². The summed E-state index contributed by atoms with van der Waals surface area (Å²) in [6.45, 7) is 6.13. The molecule has 1 unspecified atom stereocenters. The third kappa shape index (κ3) is 3.63. The third-order valence-electron chi connectivity index (χ3n) is 5.31. The Kier molecular flexibility index (Phi) is 5.24. The molecule has 6 heteroatoms. The Balaban J connectivity index is 2.14. The number of hydrogen-bond donors (Lipinski definition) is 2. The van der Waals surface area contributed by atoms with Gasteiger partial charge in [-0.2, -0.15) is 0 Å². The fourth-order valence-corrected chi connectivity index (χ4v) is 4.05. The number of nitrogens with zero attached hydrogens (tertiary/aromatic N) is 1. The number of dihydropyridines is 1. The minimum Gasteiger partial charge on any atom is -0.463 e. The highest BCUT2D eigenvalue weighted by atomic mass is 16.5. The minimum absolute atomic E-state index is 0.0507. The number of carbonyl (C=O) groups is 2. The molecule has 0 fully saturated rings. The van der Waals surface area contributed by atoms with Gasteiger partial charge >= 0.3 is 5.97 Å². The summed E-state index contributed by atoms with van der Waals surface area (Å²) in [6, 6.07) is 7.87. The van der Waals surface area contributed by atoms with Crippen molar-refractivity contribution in [1.29, 1.82) is 0 Å². The van der Waals surface area contributed by atoms with Gasteiger partial charge in [-0.25, -0.2) is 4.79 Å². The SMILES string of the molecule is CCOC(=O)C1=C(N)NC2=C(C(=O)CC(C)(C)C2)C1c1ccc(N(C)C)cc1. The van der Waals surface area contributed by atoms with E-state index in [1.165, 1.54) is 0 Å². The molecule has 2 aliphatic rings. The molecule has 0 bridgehead atoms. The normalized spacial score (nSPS) is 21.2. The molecule has 1 aromatic carbocycles. The number of hydrogen-bond acceptors (Lipinski definition) is 6. The molecule has 0 amide bonds. The molecule has 3 N–H and O–H groups in total. The van der Waals surface area contributed by atoms with Crippen LogP contribution in [-0.2, 0) is 14.3 Å². The third-order valence-corrected chi connectivity index (χ3v) is 5.31. The molecule has 1 atom stereocenters. The maximum absolute atomic E-state index is 13.1. The van der Waals surface area contributed by atoms with Gasteiger partial charge in [0.1, 0.15) is 5.82 Å². The van der Waals surface area contributed by atoms with Crippen LogP contribution in [0, 0.1) is 5.41 Å². The van der Waals surface area contributed by atoms with Gasteiger partial charge in [-0.1, -0.05) is 26.0 Å². The zero-order valence-corrected chi connectivity index (χ0v) is 17.3. The van der Waals surface area contributed by atoms with Gasteiger partial charge in [0.2, 0.25) is 0 Å². The lowest BCUT2D eigenvalue weighted by Crippen LogP contribution is -2.41. The first kappa shape index (κ1) is 20.0. The van der Waals surface area contributed by atoms with Gasteiger partial charge in [-0.15, -0.1) is 0 Å². The summed E-state index contributed by atoms with van der Waals surface area (Å²) in [5.74, 6) is -0.687.